The minimum Gasteiger partial charge on any atom is -0.467 e. The van der Waals surface area contributed by atoms with Crippen LogP contribution in [0, 0.1) is 5.82 Å². The number of nitrogens with zero attached hydrogens (tertiary/aromatic N) is 1. The molecule has 2 aliphatic heterocycles. The van der Waals surface area contributed by atoms with Gasteiger partial charge in [-0.15, -0.1) is 11.8 Å². The van der Waals surface area contributed by atoms with Gasteiger partial charge < -0.3 is 14.3 Å². The summed E-state index contributed by atoms with van der Waals surface area (Å²) >= 11 is 1.56. The molecule has 3 rings (SSSR count). The van der Waals surface area contributed by atoms with Crippen molar-refractivity contribution in [1.29, 1.82) is 0 Å². The Morgan fingerprint density at radius 3 is 3.00 bits per heavy atom. The van der Waals surface area contributed by atoms with Crippen LogP contribution in [0.4, 0.5) is 4.39 Å². The Labute approximate surface area is 121 Å². The number of benzene rings is 1. The molecule has 4 nitrogen and oxygen atoms in total. The maximum atomic E-state index is 13.6. The predicted molar refractivity (Wildman–Crippen MR) is 75.2 cm³/mol. The molecule has 0 fully saturated rings. The molecular formula is C14H16FNO3S. The van der Waals surface area contributed by atoms with E-state index in [1.165, 1.54) is 12.1 Å². The fourth-order valence-electron chi connectivity index (χ4n) is 2.21. The molecule has 0 unspecified atom stereocenters. The molecule has 0 bridgehead atoms. The molecule has 1 aromatic rings. The molecule has 6 heteroatoms. The number of thioether (sulfide) groups is 1. The van der Waals surface area contributed by atoms with Gasteiger partial charge in [-0.2, -0.15) is 0 Å². The van der Waals surface area contributed by atoms with Gasteiger partial charge in [0.1, 0.15) is 22.2 Å². The molecule has 0 saturated heterocycles. The van der Waals surface area contributed by atoms with Gasteiger partial charge in [-0.05, 0) is 26.0 Å². The molecular weight excluding hydrogens is 281 g/mol. The van der Waals surface area contributed by atoms with E-state index in [4.69, 9.17) is 14.3 Å². The summed E-state index contributed by atoms with van der Waals surface area (Å²) in [6.45, 7) is 4.60. The van der Waals surface area contributed by atoms with Crippen LogP contribution in [0.1, 0.15) is 31.4 Å². The van der Waals surface area contributed by atoms with E-state index in [1.54, 1.807) is 11.8 Å². The topological polar surface area (TPSA) is 40.0 Å². The first-order valence-electron chi connectivity index (χ1n) is 6.43. The summed E-state index contributed by atoms with van der Waals surface area (Å²) in [4.78, 5) is 5.32. The standard InChI is InChI=1S/C14H16FNO3S/c1-14(2)5-12(16-19-14)20-7-10-4-11(15)3-9-6-17-8-18-13(9)10/h3-4H,5-8H2,1-2H3. The number of ether oxygens (including phenoxy) is 2. The lowest BCUT2D eigenvalue weighted by atomic mass is 10.1. The van der Waals surface area contributed by atoms with Crippen molar-refractivity contribution in [3.05, 3.63) is 29.1 Å². The zero-order valence-electron chi connectivity index (χ0n) is 11.4. The van der Waals surface area contributed by atoms with Crippen LogP contribution in [0.25, 0.3) is 0 Å². The molecule has 0 atom stereocenters. The highest BCUT2D eigenvalue weighted by atomic mass is 32.2. The van der Waals surface area contributed by atoms with Gasteiger partial charge in [0.15, 0.2) is 6.79 Å². The third-order valence-electron chi connectivity index (χ3n) is 3.12. The number of rotatable bonds is 2. The summed E-state index contributed by atoms with van der Waals surface area (Å²) in [6, 6.07) is 2.97. The maximum Gasteiger partial charge on any atom is 0.189 e. The molecule has 2 heterocycles. The Morgan fingerprint density at radius 2 is 2.25 bits per heavy atom. The number of halogens is 1. The second-order valence-electron chi connectivity index (χ2n) is 5.47. The average molecular weight is 297 g/mol. The number of hydrogen-bond donors (Lipinski definition) is 0. The van der Waals surface area contributed by atoms with Gasteiger partial charge in [0.2, 0.25) is 0 Å². The molecule has 108 valence electrons. The van der Waals surface area contributed by atoms with Crippen LogP contribution in [0.3, 0.4) is 0 Å². The highest BCUT2D eigenvalue weighted by molar-refractivity contribution is 8.13. The van der Waals surface area contributed by atoms with E-state index >= 15 is 0 Å². The van der Waals surface area contributed by atoms with E-state index in [0.29, 0.717) is 12.4 Å². The first kappa shape index (κ1) is 13.7. The highest BCUT2D eigenvalue weighted by Gasteiger charge is 2.29. The SMILES string of the molecule is CC1(C)CC(SCc2cc(F)cc3c2OCOC3)=NO1. The molecule has 2 aliphatic rings. The van der Waals surface area contributed by atoms with E-state index in [-0.39, 0.29) is 18.2 Å². The Kier molecular flexibility index (Phi) is 3.60. The first-order chi connectivity index (χ1) is 9.53. The molecule has 0 radical (unpaired) electrons. The zero-order valence-corrected chi connectivity index (χ0v) is 12.3. The largest absolute Gasteiger partial charge is 0.467 e. The summed E-state index contributed by atoms with van der Waals surface area (Å²) in [6.07, 6.45) is 0.777. The van der Waals surface area contributed by atoms with Crippen LogP contribution >= 0.6 is 11.8 Å². The monoisotopic (exact) mass is 297 g/mol. The molecule has 0 N–H and O–H groups in total. The van der Waals surface area contributed by atoms with Crippen molar-refractivity contribution in [2.24, 2.45) is 5.16 Å². The molecule has 1 aromatic carbocycles. The second kappa shape index (κ2) is 5.26. The molecule has 0 spiro atoms. The minimum atomic E-state index is -0.265. The normalized spacial score (nSPS) is 19.9. The summed E-state index contributed by atoms with van der Waals surface area (Å²) in [5, 5.41) is 4.99. The van der Waals surface area contributed by atoms with Gasteiger partial charge in [-0.25, -0.2) is 4.39 Å². The summed E-state index contributed by atoms with van der Waals surface area (Å²) in [5.74, 6) is 1.08. The Balaban J connectivity index is 1.73. The van der Waals surface area contributed by atoms with Crippen LogP contribution in [0.2, 0.25) is 0 Å². The van der Waals surface area contributed by atoms with Gasteiger partial charge in [0.05, 0.1) is 6.61 Å². The molecule has 0 amide bonds. The molecule has 0 aliphatic carbocycles. The second-order valence-corrected chi connectivity index (χ2v) is 6.51. The third-order valence-corrected chi connectivity index (χ3v) is 4.12. The van der Waals surface area contributed by atoms with Gasteiger partial charge >= 0.3 is 0 Å². The van der Waals surface area contributed by atoms with Crippen molar-refractivity contribution in [3.8, 4) is 5.75 Å². The summed E-state index contributed by atoms with van der Waals surface area (Å²) in [7, 11) is 0. The highest BCUT2D eigenvalue weighted by Crippen LogP contribution is 2.34. The third kappa shape index (κ3) is 2.91. The van der Waals surface area contributed by atoms with Crippen LogP contribution in [0.15, 0.2) is 17.3 Å². The lowest BCUT2D eigenvalue weighted by Gasteiger charge is -2.20. The van der Waals surface area contributed by atoms with E-state index in [1.807, 2.05) is 13.8 Å². The average Bonchev–Trinajstić information content (AvgIpc) is 2.75. The van der Waals surface area contributed by atoms with Crippen molar-refractivity contribution in [2.45, 2.75) is 38.2 Å². The Hall–Kier alpha value is -1.27. The maximum absolute atomic E-state index is 13.6. The molecule has 20 heavy (non-hydrogen) atoms. The smallest absolute Gasteiger partial charge is 0.189 e. The lowest BCUT2D eigenvalue weighted by Crippen LogP contribution is -2.18. The number of fused-ring (bicyclic) bond motifs is 1. The number of oxime groups is 1. The summed E-state index contributed by atoms with van der Waals surface area (Å²) < 4.78 is 24.3. The van der Waals surface area contributed by atoms with Crippen molar-refractivity contribution >= 4 is 16.8 Å². The van der Waals surface area contributed by atoms with E-state index in [0.717, 1.165) is 28.3 Å². The van der Waals surface area contributed by atoms with Crippen LogP contribution in [-0.2, 0) is 21.9 Å². The molecule has 0 aromatic heterocycles. The van der Waals surface area contributed by atoms with Crippen molar-refractivity contribution in [2.75, 3.05) is 6.79 Å². The predicted octanol–water partition coefficient (Wildman–Crippen LogP) is 3.44. The minimum absolute atomic E-state index is 0.216. The Morgan fingerprint density at radius 1 is 1.40 bits per heavy atom. The zero-order chi connectivity index (χ0) is 14.2. The van der Waals surface area contributed by atoms with Gasteiger partial charge in [-0.3, -0.25) is 0 Å². The quantitative estimate of drug-likeness (QED) is 0.838. The van der Waals surface area contributed by atoms with E-state index in [9.17, 15) is 4.39 Å². The van der Waals surface area contributed by atoms with E-state index < -0.39 is 0 Å². The van der Waals surface area contributed by atoms with Gasteiger partial charge in [0, 0.05) is 23.3 Å². The summed E-state index contributed by atoms with van der Waals surface area (Å²) in [5.41, 5.74) is 1.35. The first-order valence-corrected chi connectivity index (χ1v) is 7.42. The number of hydrogen-bond acceptors (Lipinski definition) is 5. The van der Waals surface area contributed by atoms with E-state index in [2.05, 4.69) is 5.16 Å². The van der Waals surface area contributed by atoms with Crippen LogP contribution < -0.4 is 4.74 Å². The van der Waals surface area contributed by atoms with Crippen molar-refractivity contribution < 1.29 is 18.7 Å². The van der Waals surface area contributed by atoms with Crippen molar-refractivity contribution in [3.63, 3.8) is 0 Å². The molecule has 0 saturated carbocycles. The van der Waals surface area contributed by atoms with Crippen molar-refractivity contribution in [1.82, 2.24) is 0 Å². The van der Waals surface area contributed by atoms with Gasteiger partial charge in [0.25, 0.3) is 0 Å². The van der Waals surface area contributed by atoms with Crippen LogP contribution in [0.5, 0.6) is 5.75 Å². The Bertz CT molecular complexity index is 560. The van der Waals surface area contributed by atoms with Crippen LogP contribution in [-0.4, -0.2) is 17.4 Å². The van der Waals surface area contributed by atoms with Gasteiger partial charge in [-0.1, -0.05) is 5.16 Å². The fraction of sp³-hybridized carbons (Fsp3) is 0.500. The fourth-order valence-corrected chi connectivity index (χ4v) is 3.28. The lowest BCUT2D eigenvalue weighted by molar-refractivity contribution is -0.0171.